The van der Waals surface area contributed by atoms with Gasteiger partial charge in [-0.2, -0.15) is 0 Å². The number of carbonyl (C=O) groups excluding carboxylic acids is 1. The fourth-order valence-electron chi connectivity index (χ4n) is 1.31. The lowest BCUT2D eigenvalue weighted by Crippen LogP contribution is -2.29. The van der Waals surface area contributed by atoms with Crippen molar-refractivity contribution in [2.24, 2.45) is 0 Å². The van der Waals surface area contributed by atoms with Gasteiger partial charge in [0.15, 0.2) is 0 Å². The molecular formula is C14H17N3O5. The SMILES string of the molecule is CCCCOC(=O)NC(=O)O.c1ccc(-c2nnco2)cc1. The van der Waals surface area contributed by atoms with Crippen LogP contribution in [0, 0.1) is 0 Å². The van der Waals surface area contributed by atoms with Gasteiger partial charge in [0.2, 0.25) is 12.3 Å². The van der Waals surface area contributed by atoms with Crippen molar-refractivity contribution in [3.63, 3.8) is 0 Å². The first kappa shape index (κ1) is 17.2. The van der Waals surface area contributed by atoms with E-state index in [2.05, 4.69) is 14.9 Å². The summed E-state index contributed by atoms with van der Waals surface area (Å²) in [6.07, 6.45) is 0.660. The van der Waals surface area contributed by atoms with Gasteiger partial charge >= 0.3 is 12.2 Å². The van der Waals surface area contributed by atoms with E-state index in [0.717, 1.165) is 18.4 Å². The maximum Gasteiger partial charge on any atom is 0.416 e. The topological polar surface area (TPSA) is 115 Å². The highest BCUT2D eigenvalue weighted by molar-refractivity contribution is 5.86. The molecule has 0 unspecified atom stereocenters. The summed E-state index contributed by atoms with van der Waals surface area (Å²) in [5, 5.41) is 16.9. The number of aromatic nitrogens is 2. The number of imide groups is 1. The average molecular weight is 307 g/mol. The van der Waals surface area contributed by atoms with Crippen LogP contribution in [0.3, 0.4) is 0 Å². The summed E-state index contributed by atoms with van der Waals surface area (Å²) in [5.74, 6) is 0.561. The monoisotopic (exact) mass is 307 g/mol. The molecule has 0 aliphatic heterocycles. The van der Waals surface area contributed by atoms with E-state index < -0.39 is 12.2 Å². The number of amides is 2. The molecule has 2 rings (SSSR count). The molecule has 0 aliphatic carbocycles. The Morgan fingerprint density at radius 2 is 2.05 bits per heavy atom. The lowest BCUT2D eigenvalue weighted by Gasteiger charge is -2.01. The van der Waals surface area contributed by atoms with Crippen LogP contribution in [0.1, 0.15) is 19.8 Å². The molecule has 1 aromatic carbocycles. The number of benzene rings is 1. The number of hydrogen-bond acceptors (Lipinski definition) is 6. The van der Waals surface area contributed by atoms with Gasteiger partial charge < -0.3 is 14.3 Å². The fraction of sp³-hybridized carbons (Fsp3) is 0.286. The Balaban J connectivity index is 0.000000220. The van der Waals surface area contributed by atoms with Gasteiger partial charge in [-0.05, 0) is 18.6 Å². The Kier molecular flexibility index (Phi) is 7.73. The molecule has 8 nitrogen and oxygen atoms in total. The third-order valence-electron chi connectivity index (χ3n) is 2.32. The minimum Gasteiger partial charge on any atom is -0.465 e. The minimum atomic E-state index is -1.40. The van der Waals surface area contributed by atoms with Crippen molar-refractivity contribution < 1.29 is 23.8 Å². The zero-order chi connectivity index (χ0) is 16.2. The van der Waals surface area contributed by atoms with Gasteiger partial charge in [-0.25, -0.2) is 14.9 Å². The lowest BCUT2D eigenvalue weighted by molar-refractivity contribution is 0.139. The molecule has 2 aromatic rings. The van der Waals surface area contributed by atoms with E-state index in [4.69, 9.17) is 9.52 Å². The molecule has 2 amide bonds. The van der Waals surface area contributed by atoms with Gasteiger partial charge in [-0.15, -0.1) is 10.2 Å². The summed E-state index contributed by atoms with van der Waals surface area (Å²) in [7, 11) is 0. The zero-order valence-electron chi connectivity index (χ0n) is 12.1. The van der Waals surface area contributed by atoms with Crippen molar-refractivity contribution in [1.82, 2.24) is 15.5 Å². The van der Waals surface area contributed by atoms with Crippen LogP contribution in [0.4, 0.5) is 9.59 Å². The Labute approximate surface area is 127 Å². The van der Waals surface area contributed by atoms with Gasteiger partial charge in [0.05, 0.1) is 6.61 Å². The predicted molar refractivity (Wildman–Crippen MR) is 77.2 cm³/mol. The van der Waals surface area contributed by atoms with E-state index in [-0.39, 0.29) is 6.61 Å². The molecule has 0 saturated heterocycles. The number of ether oxygens (including phenoxy) is 1. The summed E-state index contributed by atoms with van der Waals surface area (Å²) in [5.41, 5.74) is 0.949. The predicted octanol–water partition coefficient (Wildman–Crippen LogP) is 2.93. The van der Waals surface area contributed by atoms with Crippen LogP contribution in [0.15, 0.2) is 41.1 Å². The van der Waals surface area contributed by atoms with Gasteiger partial charge in [0.25, 0.3) is 0 Å². The first-order valence-electron chi connectivity index (χ1n) is 6.61. The highest BCUT2D eigenvalue weighted by Gasteiger charge is 2.04. The van der Waals surface area contributed by atoms with Crippen LogP contribution in [0.2, 0.25) is 0 Å². The van der Waals surface area contributed by atoms with E-state index in [9.17, 15) is 9.59 Å². The number of nitrogens with one attached hydrogen (secondary N) is 1. The number of rotatable bonds is 4. The molecule has 8 heteroatoms. The molecule has 2 N–H and O–H groups in total. The maximum absolute atomic E-state index is 10.4. The number of nitrogens with zero attached hydrogens (tertiary/aromatic N) is 2. The molecular weight excluding hydrogens is 290 g/mol. The van der Waals surface area contributed by atoms with Crippen LogP contribution in [0.5, 0.6) is 0 Å². The molecule has 0 saturated carbocycles. The zero-order valence-corrected chi connectivity index (χ0v) is 12.1. The van der Waals surface area contributed by atoms with E-state index in [1.165, 1.54) is 6.39 Å². The first-order chi connectivity index (χ1) is 10.6. The van der Waals surface area contributed by atoms with Gasteiger partial charge in [0.1, 0.15) is 0 Å². The van der Waals surface area contributed by atoms with E-state index >= 15 is 0 Å². The van der Waals surface area contributed by atoms with E-state index in [1.807, 2.05) is 37.3 Å². The van der Waals surface area contributed by atoms with Crippen molar-refractivity contribution in [3.05, 3.63) is 36.7 Å². The van der Waals surface area contributed by atoms with Crippen LogP contribution in [-0.4, -0.2) is 34.1 Å². The molecule has 0 radical (unpaired) electrons. The highest BCUT2D eigenvalue weighted by atomic mass is 16.6. The smallest absolute Gasteiger partial charge is 0.416 e. The summed E-state index contributed by atoms with van der Waals surface area (Å²) in [4.78, 5) is 20.2. The Hall–Kier alpha value is -2.90. The number of alkyl carbamates (subject to hydrolysis) is 1. The second-order valence-electron chi connectivity index (χ2n) is 4.03. The third kappa shape index (κ3) is 7.04. The van der Waals surface area contributed by atoms with Gasteiger partial charge in [-0.3, -0.25) is 0 Å². The highest BCUT2D eigenvalue weighted by Crippen LogP contribution is 2.13. The van der Waals surface area contributed by atoms with Crippen LogP contribution < -0.4 is 5.32 Å². The summed E-state index contributed by atoms with van der Waals surface area (Å²) < 4.78 is 9.46. The molecule has 0 aliphatic rings. The summed E-state index contributed by atoms with van der Waals surface area (Å²) >= 11 is 0. The quantitative estimate of drug-likeness (QED) is 0.834. The average Bonchev–Trinajstić information content (AvgIpc) is 3.03. The Morgan fingerprint density at radius 1 is 1.32 bits per heavy atom. The summed E-state index contributed by atoms with van der Waals surface area (Å²) in [6.45, 7) is 2.20. The number of unbranched alkanes of at least 4 members (excludes halogenated alkanes) is 1. The largest absolute Gasteiger partial charge is 0.465 e. The molecule has 0 atom stereocenters. The number of hydrogen-bond donors (Lipinski definition) is 2. The standard InChI is InChI=1S/C8H6N2O.C6H11NO4/c1-2-4-7(5-3-1)8-10-9-6-11-8;1-2-3-4-11-6(10)7-5(8)9/h1-6H;2-4H2,1H3,(H,7,10)(H,8,9). The number of carbonyl (C=O) groups is 2. The second-order valence-corrected chi connectivity index (χ2v) is 4.03. The Bertz CT molecular complexity index is 557. The van der Waals surface area contributed by atoms with Crippen molar-refractivity contribution in [3.8, 4) is 11.5 Å². The minimum absolute atomic E-state index is 0.260. The maximum atomic E-state index is 10.4. The van der Waals surface area contributed by atoms with Crippen LogP contribution in [0.25, 0.3) is 11.5 Å². The normalized spacial score (nSPS) is 9.32. The molecule has 0 fully saturated rings. The van der Waals surface area contributed by atoms with E-state index in [0.29, 0.717) is 5.89 Å². The van der Waals surface area contributed by atoms with Crippen molar-refractivity contribution in [1.29, 1.82) is 0 Å². The van der Waals surface area contributed by atoms with Crippen molar-refractivity contribution >= 4 is 12.2 Å². The molecule has 118 valence electrons. The first-order valence-corrected chi connectivity index (χ1v) is 6.61. The van der Waals surface area contributed by atoms with Crippen LogP contribution >= 0.6 is 0 Å². The Morgan fingerprint density at radius 3 is 2.59 bits per heavy atom. The third-order valence-corrected chi connectivity index (χ3v) is 2.32. The molecule has 0 spiro atoms. The lowest BCUT2D eigenvalue weighted by atomic mass is 10.2. The molecule has 1 aromatic heterocycles. The van der Waals surface area contributed by atoms with Gasteiger partial charge in [0, 0.05) is 5.56 Å². The van der Waals surface area contributed by atoms with Crippen LogP contribution in [-0.2, 0) is 4.74 Å². The molecule has 22 heavy (non-hydrogen) atoms. The van der Waals surface area contributed by atoms with E-state index in [1.54, 1.807) is 5.32 Å². The van der Waals surface area contributed by atoms with Crippen molar-refractivity contribution in [2.45, 2.75) is 19.8 Å². The molecule has 1 heterocycles. The second kappa shape index (κ2) is 9.92. The molecule has 0 bridgehead atoms. The summed E-state index contributed by atoms with van der Waals surface area (Å²) in [6, 6.07) is 9.65. The van der Waals surface area contributed by atoms with Crippen molar-refractivity contribution in [2.75, 3.05) is 6.61 Å². The fourth-order valence-corrected chi connectivity index (χ4v) is 1.31. The van der Waals surface area contributed by atoms with Gasteiger partial charge in [-0.1, -0.05) is 31.5 Å². The number of carboxylic acid groups (broad SMARTS) is 1.